The predicted molar refractivity (Wildman–Crippen MR) is 363 cm³/mol. The molecular formula is C72H114F5N11O12. The molecule has 2 unspecified atom stereocenters. The van der Waals surface area contributed by atoms with Crippen LogP contribution < -0.4 is 16.0 Å². The summed E-state index contributed by atoms with van der Waals surface area (Å²) in [5, 5.41) is 8.63. The van der Waals surface area contributed by atoms with Gasteiger partial charge in [0.2, 0.25) is 65.0 Å². The van der Waals surface area contributed by atoms with E-state index in [9.17, 15) is 37.1 Å². The van der Waals surface area contributed by atoms with Crippen LogP contribution >= 0.6 is 0 Å². The van der Waals surface area contributed by atoms with E-state index in [0.717, 1.165) is 49.8 Å². The molecule has 100 heavy (non-hydrogen) atoms. The van der Waals surface area contributed by atoms with Crippen molar-refractivity contribution in [1.82, 2.24) is 55.1 Å². The number of alkyl halides is 5. The van der Waals surface area contributed by atoms with E-state index in [1.54, 1.807) is 33.9 Å². The molecule has 564 valence electrons. The third-order valence-corrected chi connectivity index (χ3v) is 23.1. The largest absolute Gasteiger partial charge is 0.397 e. The number of halogens is 5. The second kappa shape index (κ2) is 35.6. The minimum absolute atomic E-state index is 0.0166. The first-order chi connectivity index (χ1) is 47.2. The van der Waals surface area contributed by atoms with Gasteiger partial charge in [-0.3, -0.25) is 52.7 Å². The molecule has 0 aromatic rings. The molecule has 0 aromatic carbocycles. The quantitative estimate of drug-likeness (QED) is 0.140. The molecule has 3 N–H and O–H groups in total. The first kappa shape index (κ1) is 80.8. The van der Waals surface area contributed by atoms with Crippen molar-refractivity contribution >= 4 is 65.0 Å². The van der Waals surface area contributed by atoms with E-state index in [4.69, 9.17) is 4.74 Å². The van der Waals surface area contributed by atoms with Crippen molar-refractivity contribution in [2.24, 2.45) is 35.5 Å². The number of hydrogen-bond donors (Lipinski definition) is 3. The van der Waals surface area contributed by atoms with Gasteiger partial charge >= 0.3 is 6.18 Å². The van der Waals surface area contributed by atoms with Gasteiger partial charge in [0.05, 0.1) is 19.2 Å². The average molecular weight is 1420 g/mol. The van der Waals surface area contributed by atoms with Gasteiger partial charge in [0.25, 0.3) is 0 Å². The molecule has 7 rings (SSSR count). The number of likely N-dealkylation sites (N-methyl/N-ethyl adjacent to an activating group) is 6. The highest BCUT2D eigenvalue weighted by atomic mass is 19.4. The molecule has 11 amide bonds. The molecule has 0 radical (unpaired) electrons. The number of hydrogen-bond acceptors (Lipinski definition) is 12. The number of nitrogens with one attached hydrogen (secondary N) is 3. The van der Waals surface area contributed by atoms with E-state index < -0.39 is 187 Å². The Labute approximate surface area is 587 Å². The van der Waals surface area contributed by atoms with Crippen LogP contribution in [0.15, 0.2) is 12.2 Å². The molecule has 6 fully saturated rings. The summed E-state index contributed by atoms with van der Waals surface area (Å²) in [6.45, 7) is 9.57. The molecule has 28 heteroatoms. The van der Waals surface area contributed by atoms with Crippen molar-refractivity contribution in [3.63, 3.8) is 0 Å². The van der Waals surface area contributed by atoms with Crippen molar-refractivity contribution in [3.05, 3.63) is 12.2 Å². The maximum atomic E-state index is 15.5. The zero-order valence-electron chi connectivity index (χ0n) is 61.1. The summed E-state index contributed by atoms with van der Waals surface area (Å²) in [5.74, 6) is -12.0. The molecule has 1 spiro atoms. The summed E-state index contributed by atoms with van der Waals surface area (Å²) in [5.41, 5.74) is -1.56. The Morgan fingerprint density at radius 2 is 1.25 bits per heavy atom. The lowest BCUT2D eigenvalue weighted by Gasteiger charge is -2.47. The molecule has 2 bridgehead atoms. The number of amides is 11. The van der Waals surface area contributed by atoms with Gasteiger partial charge in [-0.05, 0) is 120 Å². The highest BCUT2D eigenvalue weighted by Crippen LogP contribution is 2.45. The van der Waals surface area contributed by atoms with E-state index in [1.165, 1.54) is 69.5 Å². The van der Waals surface area contributed by atoms with Crippen molar-refractivity contribution < 1.29 is 79.4 Å². The summed E-state index contributed by atoms with van der Waals surface area (Å²) in [6, 6.07) is -9.31. The summed E-state index contributed by atoms with van der Waals surface area (Å²) in [7, 11) is 8.81. The van der Waals surface area contributed by atoms with Crippen molar-refractivity contribution in [2.45, 2.75) is 268 Å². The van der Waals surface area contributed by atoms with Crippen LogP contribution in [0.2, 0.25) is 0 Å². The first-order valence-electron chi connectivity index (χ1n) is 36.9. The fraction of sp³-hybridized carbons (Fsp3) is 0.819. The number of fused-ring (bicyclic) bond motifs is 3. The van der Waals surface area contributed by atoms with E-state index >= 15 is 37.5 Å². The molecule has 3 aliphatic heterocycles. The number of nitrogens with zero attached hydrogens (tertiary/aromatic N) is 8. The summed E-state index contributed by atoms with van der Waals surface area (Å²) >= 11 is 0. The van der Waals surface area contributed by atoms with Crippen molar-refractivity contribution in [1.29, 1.82) is 0 Å². The van der Waals surface area contributed by atoms with Crippen LogP contribution in [0.25, 0.3) is 0 Å². The number of carbonyl (C=O) groups is 11. The van der Waals surface area contributed by atoms with Gasteiger partial charge in [-0.15, -0.1) is 0 Å². The smallest absolute Gasteiger partial charge is 0.377 e. The van der Waals surface area contributed by atoms with Gasteiger partial charge in [-0.1, -0.05) is 98.1 Å². The molecule has 3 heterocycles. The fourth-order valence-corrected chi connectivity index (χ4v) is 16.6. The van der Waals surface area contributed by atoms with Crippen LogP contribution in [-0.2, 0) is 57.5 Å². The summed E-state index contributed by atoms with van der Waals surface area (Å²) < 4.78 is 78.7. The molecule has 12 atom stereocenters. The van der Waals surface area contributed by atoms with E-state index in [2.05, 4.69) is 16.0 Å². The lowest BCUT2D eigenvalue weighted by molar-refractivity contribution is -0.219. The Hall–Kier alpha value is -6.48. The average Bonchev–Trinajstić information content (AvgIpc) is 1.12. The van der Waals surface area contributed by atoms with E-state index in [0.29, 0.717) is 32.1 Å². The minimum atomic E-state index is -5.16. The highest BCUT2D eigenvalue weighted by molar-refractivity contribution is 6.00. The standard InChI is InChI=1S/C72H114F5N11O12/c1-13-44(6)61-68(97)82(8)42-59(91)84(10)53-29-20-17-23-34-87(67(53)96)56(37-45-25-18-16-19-26-45)66(95)81(7)41-57(89)78-51(31-30-46-35-49(73)60(50(74)36-46)72(75,76)77)65(94)88-40-48(100-15-3)38-55(88)64(93)80-71(32-24-33-71)70(99)86(12)62(47-27-21-22-28-47)69(98)85(11)54(43(4)5)39-58(90)83(9)52(14-2)63(92)79-61/h17,20,43-56,60-62H,13-16,18-19,21-42H2,1-12H3,(H,78,89)(H,79,92)(H,80,93)/b20-17-/t44-,46?,48+,49?,50?,51-,52-,53-,54-,55-,56-,60?,61-,62-/m0/s1. The molecule has 7 aliphatic rings. The molecule has 4 aliphatic carbocycles. The van der Waals surface area contributed by atoms with Gasteiger partial charge in [0.15, 0.2) is 0 Å². The van der Waals surface area contributed by atoms with Gasteiger partial charge in [0.1, 0.15) is 66.1 Å². The minimum Gasteiger partial charge on any atom is -0.377 e. The highest BCUT2D eigenvalue weighted by Gasteiger charge is 2.56. The van der Waals surface area contributed by atoms with E-state index in [1.807, 2.05) is 26.8 Å². The van der Waals surface area contributed by atoms with Gasteiger partial charge < -0.3 is 59.9 Å². The second-order valence-electron chi connectivity index (χ2n) is 30.2. The molecule has 4 saturated carbocycles. The maximum Gasteiger partial charge on any atom is 0.397 e. The molecule has 2 saturated heterocycles. The van der Waals surface area contributed by atoms with Crippen LogP contribution in [0.4, 0.5) is 22.0 Å². The van der Waals surface area contributed by atoms with Crippen LogP contribution in [0, 0.1) is 35.5 Å². The van der Waals surface area contributed by atoms with Crippen molar-refractivity contribution in [3.8, 4) is 0 Å². The predicted octanol–water partition coefficient (Wildman–Crippen LogP) is 6.49. The molecular weight excluding hydrogens is 1310 g/mol. The topological polar surface area (TPSA) is 259 Å². The Bertz CT molecular complexity index is 2910. The lowest BCUT2D eigenvalue weighted by Crippen LogP contribution is -2.68. The Kier molecular flexibility index (Phi) is 28.8. The van der Waals surface area contributed by atoms with Crippen LogP contribution in [0.3, 0.4) is 0 Å². The third kappa shape index (κ3) is 19.2. The first-order valence-corrected chi connectivity index (χ1v) is 36.9. The van der Waals surface area contributed by atoms with E-state index in [-0.39, 0.29) is 95.2 Å². The second-order valence-corrected chi connectivity index (χ2v) is 30.2. The van der Waals surface area contributed by atoms with Crippen LogP contribution in [0.1, 0.15) is 189 Å². The zero-order chi connectivity index (χ0) is 73.8. The Morgan fingerprint density at radius 1 is 0.620 bits per heavy atom. The SMILES string of the molecule is CCO[C@@H]1C[C@H]2C(=O)NC3(CCC3)C(=O)N(C)[C@@H](C3CCCC3)C(=O)N(C)[C@H](C(C)C)CC(=O)N(C)[C@@H](CC)C(=O)N[C@@H]([C@@H](C)CC)C(=O)N(C)CC(=O)N(C)[C@H]3C/C=C\CCN(C3=O)[C@@H](CC3CCCCC3)C(=O)N(C)CC(=O)N[C@@H](CCC3CC(F)C(C(F)(F)F)C(F)C3)C(=O)N2C1. The fourth-order valence-electron chi connectivity index (χ4n) is 16.6. The Morgan fingerprint density at radius 3 is 1.83 bits per heavy atom. The number of carbonyl (C=O) groups excluding carboxylic acids is 11. The monoisotopic (exact) mass is 1420 g/mol. The zero-order valence-corrected chi connectivity index (χ0v) is 61.1. The normalized spacial score (nSPS) is 32.2. The van der Waals surface area contributed by atoms with Crippen LogP contribution in [0.5, 0.6) is 0 Å². The van der Waals surface area contributed by atoms with Crippen LogP contribution in [-0.4, -0.2) is 258 Å². The Balaban J connectivity index is 1.29. The van der Waals surface area contributed by atoms with Gasteiger partial charge in [-0.2, -0.15) is 13.2 Å². The number of ether oxygens (including phenoxy) is 1. The summed E-state index contributed by atoms with van der Waals surface area (Å²) in [6.07, 6.45) is -0.782. The van der Waals surface area contributed by atoms with Gasteiger partial charge in [-0.25, -0.2) is 8.78 Å². The lowest BCUT2D eigenvalue weighted by atomic mass is 9.74. The maximum absolute atomic E-state index is 15.5. The molecule has 0 aromatic heterocycles. The number of rotatable bonds is 12. The van der Waals surface area contributed by atoms with Crippen molar-refractivity contribution in [2.75, 3.05) is 75.1 Å². The van der Waals surface area contributed by atoms with Gasteiger partial charge in [0, 0.05) is 80.9 Å². The third-order valence-electron chi connectivity index (χ3n) is 23.1. The summed E-state index contributed by atoms with van der Waals surface area (Å²) in [4.78, 5) is 175. The molecule has 23 nitrogen and oxygen atoms in total.